The van der Waals surface area contributed by atoms with E-state index in [-0.39, 0.29) is 11.8 Å². The van der Waals surface area contributed by atoms with Crippen molar-refractivity contribution in [2.75, 3.05) is 19.8 Å². The zero-order valence-electron chi connectivity index (χ0n) is 15.0. The fraction of sp³-hybridized carbons (Fsp3) is 0.667. The van der Waals surface area contributed by atoms with Crippen LogP contribution >= 0.6 is 0 Å². The molecule has 1 atom stereocenters. The van der Waals surface area contributed by atoms with E-state index in [0.29, 0.717) is 18.2 Å². The molecule has 4 nitrogen and oxygen atoms in total. The molecule has 1 amide bonds. The number of benzene rings is 1. The summed E-state index contributed by atoms with van der Waals surface area (Å²) in [4.78, 5) is 15.2. The van der Waals surface area contributed by atoms with Crippen LogP contribution in [0.2, 0.25) is 0 Å². The number of hydrogen-bond donors (Lipinski definition) is 0. The minimum absolute atomic E-state index is 0.263. The Kier molecular flexibility index (Phi) is 5.09. The predicted octanol–water partition coefficient (Wildman–Crippen LogP) is 4.06. The molecule has 3 fully saturated rings. The summed E-state index contributed by atoms with van der Waals surface area (Å²) in [6.07, 6.45) is 8.06. The topological polar surface area (TPSA) is 38.8 Å². The Balaban J connectivity index is 1.36. The molecule has 0 aromatic heterocycles. The first-order valence-electron chi connectivity index (χ1n) is 9.88. The Labute approximate surface area is 150 Å². The zero-order chi connectivity index (χ0) is 17.1. The zero-order valence-corrected chi connectivity index (χ0v) is 15.0. The Morgan fingerprint density at radius 2 is 1.76 bits per heavy atom. The summed E-state index contributed by atoms with van der Waals surface area (Å²) < 4.78 is 11.6. The van der Waals surface area contributed by atoms with Crippen molar-refractivity contribution >= 4 is 5.91 Å². The highest BCUT2D eigenvalue weighted by Gasteiger charge is 2.41. The first kappa shape index (κ1) is 17.0. The van der Waals surface area contributed by atoms with Crippen LogP contribution in [-0.2, 0) is 14.3 Å². The molecule has 1 saturated carbocycles. The smallest absolute Gasteiger partial charge is 0.223 e. The van der Waals surface area contributed by atoms with E-state index in [1.165, 1.54) is 12.0 Å². The lowest BCUT2D eigenvalue weighted by atomic mass is 9.82. The Hall–Kier alpha value is -1.39. The van der Waals surface area contributed by atoms with Crippen LogP contribution < -0.4 is 0 Å². The second kappa shape index (κ2) is 7.46. The van der Waals surface area contributed by atoms with Crippen molar-refractivity contribution in [2.24, 2.45) is 5.92 Å². The average molecular weight is 343 g/mol. The molecule has 0 bridgehead atoms. The van der Waals surface area contributed by atoms with Crippen LogP contribution in [0.3, 0.4) is 0 Å². The average Bonchev–Trinajstić information content (AvgIpc) is 3.13. The van der Waals surface area contributed by atoms with E-state index < -0.39 is 0 Å². The van der Waals surface area contributed by atoms with E-state index in [2.05, 4.69) is 29.2 Å². The highest BCUT2D eigenvalue weighted by Crippen LogP contribution is 2.40. The van der Waals surface area contributed by atoms with Crippen molar-refractivity contribution in [1.82, 2.24) is 4.90 Å². The van der Waals surface area contributed by atoms with Gasteiger partial charge in [-0.3, -0.25) is 4.79 Å². The molecule has 1 aromatic carbocycles. The molecule has 1 spiro atoms. The van der Waals surface area contributed by atoms with Gasteiger partial charge in [0, 0.05) is 25.8 Å². The Morgan fingerprint density at radius 3 is 2.48 bits per heavy atom. The van der Waals surface area contributed by atoms with Crippen molar-refractivity contribution in [3.8, 4) is 0 Å². The second-order valence-corrected chi connectivity index (χ2v) is 7.76. The summed E-state index contributed by atoms with van der Waals surface area (Å²) in [6, 6.07) is 10.8. The first-order chi connectivity index (χ1) is 12.3. The quantitative estimate of drug-likeness (QED) is 0.831. The van der Waals surface area contributed by atoms with Gasteiger partial charge in [-0.2, -0.15) is 0 Å². The molecule has 3 aliphatic rings. The van der Waals surface area contributed by atoms with Crippen LogP contribution in [0.25, 0.3) is 0 Å². The lowest BCUT2D eigenvalue weighted by Crippen LogP contribution is -2.41. The van der Waals surface area contributed by atoms with Crippen molar-refractivity contribution in [2.45, 2.75) is 63.2 Å². The number of carbonyl (C=O) groups excluding carboxylic acids is 1. The molecule has 1 aromatic rings. The first-order valence-corrected chi connectivity index (χ1v) is 9.88. The second-order valence-electron chi connectivity index (χ2n) is 7.76. The van der Waals surface area contributed by atoms with E-state index in [1.54, 1.807) is 0 Å². The number of hydrogen-bond acceptors (Lipinski definition) is 3. The molecule has 0 unspecified atom stereocenters. The molecular weight excluding hydrogens is 314 g/mol. The summed E-state index contributed by atoms with van der Waals surface area (Å²) >= 11 is 0. The molecule has 2 heterocycles. The summed E-state index contributed by atoms with van der Waals surface area (Å²) in [5, 5.41) is 0. The van der Waals surface area contributed by atoms with E-state index in [1.807, 2.05) is 6.07 Å². The number of ether oxygens (including phenoxy) is 2. The highest BCUT2D eigenvalue weighted by molar-refractivity contribution is 5.77. The molecule has 0 radical (unpaired) electrons. The minimum atomic E-state index is -0.322. The Morgan fingerprint density at radius 1 is 1.04 bits per heavy atom. The Bertz CT molecular complexity index is 572. The summed E-state index contributed by atoms with van der Waals surface area (Å²) in [5.41, 5.74) is 1.28. The molecular formula is C21H29NO3. The maximum absolute atomic E-state index is 13.0. The van der Waals surface area contributed by atoms with Gasteiger partial charge < -0.3 is 14.4 Å². The molecule has 4 heteroatoms. The van der Waals surface area contributed by atoms with Gasteiger partial charge >= 0.3 is 0 Å². The van der Waals surface area contributed by atoms with Crippen LogP contribution in [0, 0.1) is 5.92 Å². The van der Waals surface area contributed by atoms with Crippen molar-refractivity contribution in [3.05, 3.63) is 35.9 Å². The third-order valence-corrected chi connectivity index (χ3v) is 6.15. The van der Waals surface area contributed by atoms with E-state index >= 15 is 0 Å². The molecule has 0 N–H and O–H groups in total. The number of piperidine rings is 1. The number of likely N-dealkylation sites (tertiary alicyclic amines) is 1. The summed E-state index contributed by atoms with van der Waals surface area (Å²) in [6.45, 7) is 2.34. The van der Waals surface area contributed by atoms with Gasteiger partial charge in [0.05, 0.1) is 19.3 Å². The summed E-state index contributed by atoms with van der Waals surface area (Å²) in [5.74, 6) is 0.490. The maximum atomic E-state index is 13.0. The number of carbonyl (C=O) groups is 1. The van der Waals surface area contributed by atoms with Gasteiger partial charge in [0.25, 0.3) is 0 Å². The van der Waals surface area contributed by atoms with Gasteiger partial charge in [0.15, 0.2) is 5.79 Å². The minimum Gasteiger partial charge on any atom is -0.348 e. The molecule has 25 heavy (non-hydrogen) atoms. The van der Waals surface area contributed by atoms with E-state index in [0.717, 1.165) is 58.3 Å². The number of nitrogens with zero attached hydrogens (tertiary/aromatic N) is 1. The van der Waals surface area contributed by atoms with Crippen molar-refractivity contribution in [1.29, 1.82) is 0 Å². The van der Waals surface area contributed by atoms with E-state index in [9.17, 15) is 4.79 Å². The van der Waals surface area contributed by atoms with Gasteiger partial charge in [0.1, 0.15) is 0 Å². The lowest BCUT2D eigenvalue weighted by Gasteiger charge is -2.39. The van der Waals surface area contributed by atoms with Crippen LogP contribution in [-0.4, -0.2) is 36.4 Å². The maximum Gasteiger partial charge on any atom is 0.223 e. The third-order valence-electron chi connectivity index (χ3n) is 6.15. The fourth-order valence-corrected chi connectivity index (χ4v) is 4.72. The standard InChI is InChI=1S/C21H29NO3/c23-20(16-17-9-11-21(12-10-17)24-14-15-25-21)22-13-5-4-8-19(22)18-6-2-1-3-7-18/h1-3,6-7,17,19H,4-5,8-16H2/t19-/m0/s1. The van der Waals surface area contributed by atoms with Crippen molar-refractivity contribution in [3.63, 3.8) is 0 Å². The largest absolute Gasteiger partial charge is 0.348 e. The number of rotatable bonds is 3. The molecule has 136 valence electrons. The monoisotopic (exact) mass is 343 g/mol. The number of amides is 1. The SMILES string of the molecule is O=C(CC1CCC2(CC1)OCCO2)N1CCCC[C@H]1c1ccccc1. The van der Waals surface area contributed by atoms with E-state index in [4.69, 9.17) is 9.47 Å². The van der Waals surface area contributed by atoms with Crippen LogP contribution in [0.15, 0.2) is 30.3 Å². The van der Waals surface area contributed by atoms with Gasteiger partial charge in [-0.15, -0.1) is 0 Å². The van der Waals surface area contributed by atoms with Gasteiger partial charge in [0.2, 0.25) is 5.91 Å². The highest BCUT2D eigenvalue weighted by atomic mass is 16.7. The van der Waals surface area contributed by atoms with Gasteiger partial charge in [-0.1, -0.05) is 30.3 Å². The van der Waals surface area contributed by atoms with Crippen LogP contribution in [0.1, 0.15) is 63.0 Å². The predicted molar refractivity (Wildman–Crippen MR) is 96.0 cm³/mol. The van der Waals surface area contributed by atoms with Crippen LogP contribution in [0.5, 0.6) is 0 Å². The fourth-order valence-electron chi connectivity index (χ4n) is 4.72. The molecule has 2 saturated heterocycles. The molecule has 1 aliphatic carbocycles. The normalized spacial score (nSPS) is 26.9. The lowest BCUT2D eigenvalue weighted by molar-refractivity contribution is -0.183. The molecule has 4 rings (SSSR count). The van der Waals surface area contributed by atoms with Gasteiger partial charge in [-0.25, -0.2) is 0 Å². The van der Waals surface area contributed by atoms with Crippen molar-refractivity contribution < 1.29 is 14.3 Å². The van der Waals surface area contributed by atoms with Crippen LogP contribution in [0.4, 0.5) is 0 Å². The summed E-state index contributed by atoms with van der Waals surface area (Å²) in [7, 11) is 0. The molecule has 2 aliphatic heterocycles. The third kappa shape index (κ3) is 3.75. The van der Waals surface area contributed by atoms with Gasteiger partial charge in [-0.05, 0) is 43.6 Å².